The molecular weight excluding hydrogens is 420 g/mol. The Morgan fingerprint density at radius 1 is 1.29 bits per heavy atom. The molecule has 3 rings (SSSR count). The monoisotopic (exact) mass is 448 g/mol. The molecule has 2 fully saturated rings. The van der Waals surface area contributed by atoms with Crippen LogP contribution in [0.15, 0.2) is 17.1 Å². The quantitative estimate of drug-likeness (QED) is 0.545. The summed E-state index contributed by atoms with van der Waals surface area (Å²) in [7, 11) is -1.45. The number of halogens is 1. The zero-order valence-corrected chi connectivity index (χ0v) is 18.9. The number of ether oxygens (including phenoxy) is 1. The van der Waals surface area contributed by atoms with Crippen molar-refractivity contribution in [3.05, 3.63) is 21.3 Å². The summed E-state index contributed by atoms with van der Waals surface area (Å²) in [6.07, 6.45) is 2.37. The molecule has 3 heterocycles. The third-order valence-corrected chi connectivity index (χ3v) is 8.99. The minimum Gasteiger partial charge on any atom is -0.381 e. The first kappa shape index (κ1) is 21.8. The van der Waals surface area contributed by atoms with E-state index < -0.39 is 14.6 Å². The molecule has 2 aliphatic rings. The molecule has 0 unspecified atom stereocenters. The van der Waals surface area contributed by atoms with E-state index in [4.69, 9.17) is 16.3 Å². The smallest absolute Gasteiger partial charge is 0.193 e. The van der Waals surface area contributed by atoms with E-state index in [1.807, 2.05) is 6.07 Å². The fraction of sp³-hybridized carbons (Fsp3) is 0.722. The van der Waals surface area contributed by atoms with E-state index >= 15 is 0 Å². The van der Waals surface area contributed by atoms with Crippen molar-refractivity contribution in [1.29, 1.82) is 0 Å². The molecule has 0 amide bonds. The number of thiophene rings is 1. The molecule has 2 saturated heterocycles. The van der Waals surface area contributed by atoms with Gasteiger partial charge in [0.15, 0.2) is 15.8 Å². The van der Waals surface area contributed by atoms with Crippen LogP contribution in [0.2, 0.25) is 4.34 Å². The van der Waals surface area contributed by atoms with Crippen molar-refractivity contribution in [3.8, 4) is 0 Å². The predicted octanol–water partition coefficient (Wildman–Crippen LogP) is 1.69. The second-order valence-electron chi connectivity index (χ2n) is 7.44. The summed E-state index contributed by atoms with van der Waals surface area (Å²) in [5.74, 6) is 0.772. The summed E-state index contributed by atoms with van der Waals surface area (Å²) in [5, 5.41) is 3.33. The molecule has 2 aliphatic heterocycles. The van der Waals surface area contributed by atoms with E-state index in [0.717, 1.165) is 43.0 Å². The first-order chi connectivity index (χ1) is 13.3. The second-order valence-corrected chi connectivity index (χ2v) is 11.6. The van der Waals surface area contributed by atoms with Crippen molar-refractivity contribution in [3.63, 3.8) is 0 Å². The lowest BCUT2D eigenvalue weighted by Crippen LogP contribution is -2.57. The predicted molar refractivity (Wildman–Crippen MR) is 115 cm³/mol. The van der Waals surface area contributed by atoms with Crippen LogP contribution in [0.5, 0.6) is 0 Å². The Labute approximate surface area is 176 Å². The number of nitrogens with one attached hydrogen (secondary N) is 1. The first-order valence-electron chi connectivity index (χ1n) is 9.52. The van der Waals surface area contributed by atoms with E-state index in [2.05, 4.69) is 26.2 Å². The van der Waals surface area contributed by atoms with Crippen LogP contribution < -0.4 is 5.32 Å². The fourth-order valence-corrected chi connectivity index (χ4v) is 6.14. The van der Waals surface area contributed by atoms with E-state index in [1.165, 1.54) is 11.1 Å². The number of guanidine groups is 1. The molecule has 0 saturated carbocycles. The van der Waals surface area contributed by atoms with Crippen LogP contribution in [0.3, 0.4) is 0 Å². The number of rotatable bonds is 5. The fourth-order valence-electron chi connectivity index (χ4n) is 3.77. The van der Waals surface area contributed by atoms with E-state index in [0.29, 0.717) is 32.6 Å². The summed E-state index contributed by atoms with van der Waals surface area (Å²) in [5.41, 5.74) is 0. The summed E-state index contributed by atoms with van der Waals surface area (Å²) < 4.78 is 30.3. The van der Waals surface area contributed by atoms with Crippen molar-refractivity contribution in [2.45, 2.75) is 24.1 Å². The summed E-state index contributed by atoms with van der Waals surface area (Å²) in [4.78, 5) is 10.3. The molecule has 7 nitrogen and oxygen atoms in total. The van der Waals surface area contributed by atoms with Crippen LogP contribution in [0.25, 0.3) is 0 Å². The zero-order valence-electron chi connectivity index (χ0n) is 16.5. The van der Waals surface area contributed by atoms with Gasteiger partial charge in [0, 0.05) is 70.7 Å². The topological polar surface area (TPSA) is 74.2 Å². The molecule has 1 aromatic heterocycles. The molecule has 0 bridgehead atoms. The largest absolute Gasteiger partial charge is 0.381 e. The maximum absolute atomic E-state index is 12.4. The van der Waals surface area contributed by atoms with Crippen molar-refractivity contribution in [1.82, 2.24) is 15.1 Å². The second kappa shape index (κ2) is 9.30. The Morgan fingerprint density at radius 2 is 1.96 bits per heavy atom. The lowest BCUT2D eigenvalue weighted by molar-refractivity contribution is 0.0753. The van der Waals surface area contributed by atoms with Crippen LogP contribution in [0.4, 0.5) is 0 Å². The molecule has 0 spiro atoms. The molecule has 1 N–H and O–H groups in total. The normalized spacial score (nSPS) is 21.7. The van der Waals surface area contributed by atoms with E-state index in [9.17, 15) is 8.42 Å². The van der Waals surface area contributed by atoms with E-state index in [-0.39, 0.29) is 0 Å². The van der Waals surface area contributed by atoms with E-state index in [1.54, 1.807) is 18.4 Å². The first-order valence-corrected chi connectivity index (χ1v) is 12.6. The van der Waals surface area contributed by atoms with Gasteiger partial charge in [-0.3, -0.25) is 9.89 Å². The minimum atomic E-state index is -3.20. The third kappa shape index (κ3) is 5.18. The molecule has 0 aliphatic carbocycles. The number of sulfone groups is 1. The minimum absolute atomic E-state index is 0.371. The van der Waals surface area contributed by atoms with Crippen molar-refractivity contribution >= 4 is 38.7 Å². The van der Waals surface area contributed by atoms with Crippen LogP contribution in [0.1, 0.15) is 17.7 Å². The maximum Gasteiger partial charge on any atom is 0.193 e. The maximum atomic E-state index is 12.4. The number of hydrogen-bond acceptors (Lipinski definition) is 6. The Kier molecular flexibility index (Phi) is 7.25. The summed E-state index contributed by atoms with van der Waals surface area (Å²) in [6, 6.07) is 4.02. The molecule has 158 valence electrons. The number of hydrogen-bond donors (Lipinski definition) is 1. The van der Waals surface area contributed by atoms with Crippen LogP contribution >= 0.6 is 22.9 Å². The standard InChI is InChI=1S/C18H29ClN4O3S2/c1-20-17(21-14-18(28(2,24)25)5-11-26-12-6-18)23-9-7-22(8-10-23)13-15-3-4-16(19)27-15/h3-4H,5-14H2,1-2H3,(H,20,21). The van der Waals surface area contributed by atoms with Gasteiger partial charge in [0.25, 0.3) is 0 Å². The number of aliphatic imine (C=N–C) groups is 1. The summed E-state index contributed by atoms with van der Waals surface area (Å²) in [6.45, 7) is 5.83. The average Bonchev–Trinajstić information content (AvgIpc) is 3.08. The van der Waals surface area contributed by atoms with Gasteiger partial charge in [-0.2, -0.15) is 0 Å². The highest BCUT2D eigenvalue weighted by atomic mass is 35.5. The van der Waals surface area contributed by atoms with Crippen molar-refractivity contribution < 1.29 is 13.2 Å². The van der Waals surface area contributed by atoms with Gasteiger partial charge in [-0.15, -0.1) is 11.3 Å². The number of nitrogens with zero attached hydrogens (tertiary/aromatic N) is 3. The molecule has 0 aromatic carbocycles. The highest BCUT2D eigenvalue weighted by molar-refractivity contribution is 7.92. The van der Waals surface area contributed by atoms with Crippen LogP contribution in [-0.2, 0) is 21.1 Å². The summed E-state index contributed by atoms with van der Waals surface area (Å²) >= 11 is 7.65. The Hall–Kier alpha value is -0.870. The van der Waals surface area contributed by atoms with Crippen molar-refractivity contribution in [2.24, 2.45) is 4.99 Å². The molecule has 1 aromatic rings. The highest BCUT2D eigenvalue weighted by Crippen LogP contribution is 2.28. The van der Waals surface area contributed by atoms with Crippen molar-refractivity contribution in [2.75, 3.05) is 59.2 Å². The van der Waals surface area contributed by atoms with Gasteiger partial charge in [-0.25, -0.2) is 8.42 Å². The Balaban J connectivity index is 1.54. The van der Waals surface area contributed by atoms with Gasteiger partial charge in [-0.05, 0) is 25.0 Å². The molecule has 28 heavy (non-hydrogen) atoms. The van der Waals surface area contributed by atoms with Crippen LogP contribution in [0, 0.1) is 0 Å². The molecular formula is C18H29ClN4O3S2. The Bertz CT molecular complexity index is 783. The van der Waals surface area contributed by atoms with Crippen LogP contribution in [-0.4, -0.2) is 88.2 Å². The van der Waals surface area contributed by atoms with Gasteiger partial charge in [0.1, 0.15) is 0 Å². The molecule has 0 radical (unpaired) electrons. The highest BCUT2D eigenvalue weighted by Gasteiger charge is 2.42. The number of piperazine rings is 1. The van der Waals surface area contributed by atoms with Gasteiger partial charge >= 0.3 is 0 Å². The average molecular weight is 449 g/mol. The lowest BCUT2D eigenvalue weighted by Gasteiger charge is -2.39. The third-order valence-electron chi connectivity index (χ3n) is 5.65. The lowest BCUT2D eigenvalue weighted by atomic mass is 9.99. The molecule has 10 heteroatoms. The SMILES string of the molecule is CN=C(NCC1(S(C)(=O)=O)CCOCC1)N1CCN(Cc2ccc(Cl)s2)CC1. The van der Waals surface area contributed by atoms with Gasteiger partial charge < -0.3 is 15.0 Å². The van der Waals surface area contributed by atoms with Gasteiger partial charge in [-0.1, -0.05) is 11.6 Å². The van der Waals surface area contributed by atoms with Gasteiger partial charge in [0.2, 0.25) is 0 Å². The van der Waals surface area contributed by atoms with Gasteiger partial charge in [0.05, 0.1) is 9.08 Å². The zero-order chi connectivity index (χ0) is 20.2. The Morgan fingerprint density at radius 3 is 2.50 bits per heavy atom. The molecule has 0 atom stereocenters.